The maximum Gasteiger partial charge on any atom is 1.00 e. The monoisotopic (exact) mass is 324 g/mol. The molecule has 91 valence electrons. The van der Waals surface area contributed by atoms with Crippen LogP contribution in [0, 0.1) is 12.3 Å². The number of aryl methyl sites for hydroxylation is 1. The van der Waals surface area contributed by atoms with Gasteiger partial charge in [0.05, 0.1) is 0 Å². The molecule has 1 radical (unpaired) electrons. The molecule has 0 bridgehead atoms. The van der Waals surface area contributed by atoms with Crippen LogP contribution in [0.5, 0.6) is 0 Å². The van der Waals surface area contributed by atoms with Crippen molar-refractivity contribution < 1.29 is 44.3 Å². The Morgan fingerprint density at radius 2 is 1.71 bits per heavy atom. The molecule has 0 aromatic heterocycles. The largest absolute Gasteiger partial charge is 1.00 e. The quantitative estimate of drug-likeness (QED) is 0.448. The minimum atomic E-state index is 0. The first kappa shape index (κ1) is 21.9. The Hall–Kier alpha value is -0.357. The zero-order valence-electron chi connectivity index (χ0n) is 10.5. The van der Waals surface area contributed by atoms with Crippen molar-refractivity contribution >= 4 is 11.4 Å². The molecule has 17 heavy (non-hydrogen) atoms. The predicted octanol–water partition coefficient (Wildman–Crippen LogP) is -2.67. The van der Waals surface area contributed by atoms with Crippen LogP contribution in [0.15, 0.2) is 18.2 Å². The van der Waals surface area contributed by atoms with Gasteiger partial charge in [-0.15, -0.1) is 0 Å². The van der Waals surface area contributed by atoms with E-state index in [4.69, 9.17) is 5.39 Å². The molecular weight excluding hydrogens is 310 g/mol. The van der Waals surface area contributed by atoms with Gasteiger partial charge in [-0.1, -0.05) is 0 Å². The molecule has 0 saturated heterocycles. The molecule has 0 aliphatic heterocycles. The van der Waals surface area contributed by atoms with Crippen molar-refractivity contribution in [1.82, 2.24) is 0 Å². The molecule has 1 aromatic rings. The Morgan fingerprint density at radius 1 is 1.18 bits per heavy atom. The van der Waals surface area contributed by atoms with Gasteiger partial charge in [-0.2, -0.15) is 0 Å². The fraction of sp³-hybridized carbons (Fsp3) is 0.455. The van der Waals surface area contributed by atoms with Crippen LogP contribution < -0.4 is 29.7 Å². The fourth-order valence-electron chi connectivity index (χ4n) is 1.54. The van der Waals surface area contributed by atoms with Crippen molar-refractivity contribution in [3.05, 3.63) is 28.7 Å². The van der Waals surface area contributed by atoms with Crippen LogP contribution in [0.1, 0.15) is 19.4 Å². The van der Waals surface area contributed by atoms with Crippen LogP contribution in [0.2, 0.25) is 0 Å². The smallest absolute Gasteiger partial charge is 1.00 e. The second-order valence-corrected chi connectivity index (χ2v) is 3.24. The van der Waals surface area contributed by atoms with Gasteiger partial charge >= 0.3 is 25.2 Å². The topological polar surface area (TPSA) is 31.4 Å². The summed E-state index contributed by atoms with van der Waals surface area (Å²) in [6, 6.07) is 5.86. The molecule has 0 N–H and O–H groups in total. The molecule has 0 atom stereocenters. The molecule has 0 fully saturated rings. The number of nitrogens with zero attached hydrogens (tertiary/aromatic N) is 3. The van der Waals surface area contributed by atoms with Gasteiger partial charge in [0.2, 0.25) is 5.39 Å². The van der Waals surface area contributed by atoms with Gasteiger partial charge in [-0.25, -0.2) is 0 Å². The molecule has 1 aromatic carbocycles. The third-order valence-corrected chi connectivity index (χ3v) is 2.42. The average molecular weight is 327 g/mol. The van der Waals surface area contributed by atoms with Crippen molar-refractivity contribution in [3.8, 4) is 0 Å². The van der Waals surface area contributed by atoms with Crippen LogP contribution in [-0.2, 0) is 19.5 Å². The van der Waals surface area contributed by atoms with E-state index >= 15 is 0 Å². The van der Waals surface area contributed by atoms with Gasteiger partial charge in [-0.05, 0) is 32.9 Å². The zero-order chi connectivity index (χ0) is 10.6. The number of halogens is 2. The Kier molecular flexibility index (Phi) is 13.9. The van der Waals surface area contributed by atoms with E-state index in [0.717, 1.165) is 18.7 Å². The first-order valence-corrected chi connectivity index (χ1v) is 4.93. The van der Waals surface area contributed by atoms with Crippen LogP contribution >= 0.6 is 0 Å². The minimum Gasteiger partial charge on any atom is -1.00 e. The number of benzene rings is 1. The SMILES string of the molecule is CCN(CC)c1ccc([N+]#N)c(C)c1.[Cl-].[Cl-].[Zn+]. The average Bonchev–Trinajstić information content (AvgIpc) is 2.20. The molecule has 0 saturated carbocycles. The zero-order valence-corrected chi connectivity index (χ0v) is 14.9. The summed E-state index contributed by atoms with van der Waals surface area (Å²) < 4.78 is 0. The molecule has 0 amide bonds. The Labute approximate surface area is 128 Å². The summed E-state index contributed by atoms with van der Waals surface area (Å²) in [5.41, 5.74) is 2.82. The van der Waals surface area contributed by atoms with E-state index in [-0.39, 0.29) is 44.3 Å². The first-order chi connectivity index (χ1) is 6.72. The predicted molar refractivity (Wildman–Crippen MR) is 59.5 cm³/mol. The maximum absolute atomic E-state index is 8.67. The summed E-state index contributed by atoms with van der Waals surface area (Å²) in [6.45, 7) is 8.19. The molecule has 3 nitrogen and oxygen atoms in total. The second-order valence-electron chi connectivity index (χ2n) is 3.24. The van der Waals surface area contributed by atoms with Crippen molar-refractivity contribution in [2.45, 2.75) is 20.8 Å². The second kappa shape index (κ2) is 10.8. The molecule has 0 spiro atoms. The van der Waals surface area contributed by atoms with Gasteiger partial charge in [0.15, 0.2) is 4.98 Å². The van der Waals surface area contributed by atoms with E-state index in [0.29, 0.717) is 5.69 Å². The summed E-state index contributed by atoms with van der Waals surface area (Å²) in [6.07, 6.45) is 0. The van der Waals surface area contributed by atoms with Crippen LogP contribution in [-0.4, -0.2) is 13.1 Å². The third kappa shape index (κ3) is 5.68. The summed E-state index contributed by atoms with van der Waals surface area (Å²) in [5.74, 6) is 0. The summed E-state index contributed by atoms with van der Waals surface area (Å²) in [5, 5.41) is 8.67. The van der Waals surface area contributed by atoms with Gasteiger partial charge in [0.1, 0.15) is 0 Å². The first-order valence-electron chi connectivity index (χ1n) is 4.93. The van der Waals surface area contributed by atoms with Crippen molar-refractivity contribution in [2.24, 2.45) is 0 Å². The van der Waals surface area contributed by atoms with Crippen molar-refractivity contribution in [1.29, 1.82) is 5.39 Å². The van der Waals surface area contributed by atoms with E-state index < -0.39 is 0 Å². The number of diazo groups is 1. The summed E-state index contributed by atoms with van der Waals surface area (Å²) in [7, 11) is 0. The van der Waals surface area contributed by atoms with Gasteiger partial charge < -0.3 is 29.7 Å². The van der Waals surface area contributed by atoms with E-state index in [1.54, 1.807) is 0 Å². The van der Waals surface area contributed by atoms with E-state index in [2.05, 4.69) is 23.7 Å². The molecule has 0 aliphatic carbocycles. The molecule has 1 rings (SSSR count). The molecular formula is C11H16Cl2N3Zn. The molecule has 0 unspecified atom stereocenters. The van der Waals surface area contributed by atoms with Crippen LogP contribution in [0.4, 0.5) is 11.4 Å². The molecule has 0 aliphatic rings. The van der Waals surface area contributed by atoms with E-state index in [1.807, 2.05) is 25.1 Å². The van der Waals surface area contributed by atoms with Gasteiger partial charge in [0.25, 0.3) is 0 Å². The van der Waals surface area contributed by atoms with Crippen LogP contribution in [0.3, 0.4) is 0 Å². The number of rotatable bonds is 3. The van der Waals surface area contributed by atoms with Crippen molar-refractivity contribution in [2.75, 3.05) is 18.0 Å². The van der Waals surface area contributed by atoms with E-state index in [9.17, 15) is 0 Å². The van der Waals surface area contributed by atoms with Gasteiger partial charge in [-0.3, -0.25) is 0 Å². The number of hydrogen-bond donors (Lipinski definition) is 0. The molecule has 0 heterocycles. The Bertz CT molecular complexity index is 362. The minimum absolute atomic E-state index is 0. The number of hydrogen-bond acceptors (Lipinski definition) is 2. The normalized spacial score (nSPS) is 7.88. The van der Waals surface area contributed by atoms with Crippen LogP contribution in [0.25, 0.3) is 4.98 Å². The van der Waals surface area contributed by atoms with Crippen molar-refractivity contribution in [3.63, 3.8) is 0 Å². The summed E-state index contributed by atoms with van der Waals surface area (Å²) in [4.78, 5) is 5.46. The Balaban J connectivity index is -0.000000653. The Morgan fingerprint density at radius 3 is 2.06 bits per heavy atom. The van der Waals surface area contributed by atoms with E-state index in [1.165, 1.54) is 5.69 Å². The summed E-state index contributed by atoms with van der Waals surface area (Å²) >= 11 is 0. The van der Waals surface area contributed by atoms with Gasteiger partial charge in [0, 0.05) is 30.4 Å². The standard InChI is InChI=1S/C11H16N3.2ClH.Zn/c1-4-14(5-2)10-6-7-11(13-12)9(3)8-10;;;/h6-8H,4-5H2,1-3H3;2*1H;/q+1;;;+1/p-2. The third-order valence-electron chi connectivity index (χ3n) is 2.42. The fourth-order valence-corrected chi connectivity index (χ4v) is 1.54. The number of anilines is 1. The molecule has 6 heteroatoms. The maximum atomic E-state index is 8.67.